The second-order valence-corrected chi connectivity index (χ2v) is 6.15. The molecule has 1 aliphatic rings. The van der Waals surface area contributed by atoms with Crippen LogP contribution < -0.4 is 20.1 Å². The number of carbonyl (C=O) groups is 1. The number of aryl methyl sites for hydroxylation is 2. The van der Waals surface area contributed by atoms with Crippen molar-refractivity contribution in [1.29, 1.82) is 0 Å². The van der Waals surface area contributed by atoms with Gasteiger partial charge in [-0.25, -0.2) is 0 Å². The number of ether oxygens (including phenoxy) is 2. The summed E-state index contributed by atoms with van der Waals surface area (Å²) in [5.74, 6) is 0.869. The third-order valence-electron chi connectivity index (χ3n) is 3.72. The summed E-state index contributed by atoms with van der Waals surface area (Å²) in [6.45, 7) is 4.65. The van der Waals surface area contributed by atoms with Gasteiger partial charge in [0, 0.05) is 5.56 Å². The molecule has 0 fully saturated rings. The topological polar surface area (TPSA) is 79.8 Å². The minimum absolute atomic E-state index is 0.0974. The average Bonchev–Trinajstić information content (AvgIpc) is 2.58. The summed E-state index contributed by atoms with van der Waals surface area (Å²) >= 11 is 5.17. The minimum atomic E-state index is -0.377. The van der Waals surface area contributed by atoms with E-state index in [2.05, 4.69) is 10.6 Å². The van der Waals surface area contributed by atoms with Gasteiger partial charge >= 0.3 is 0 Å². The van der Waals surface area contributed by atoms with Crippen LogP contribution in [0.4, 0.5) is 5.69 Å². The van der Waals surface area contributed by atoms with Gasteiger partial charge in [0.15, 0.2) is 16.6 Å². The number of carbonyl (C=O) groups excluding carboxylic acids is 1. The first-order chi connectivity index (χ1) is 11.9. The highest BCUT2D eigenvalue weighted by Crippen LogP contribution is 2.31. The smallest absolute Gasteiger partial charge is 0.257 e. The number of thiocarbonyl (C=S) groups is 1. The predicted octanol–water partition coefficient (Wildman–Crippen LogP) is 2.91. The highest BCUT2D eigenvalue weighted by molar-refractivity contribution is 7.80. The molecule has 0 atom stereocenters. The van der Waals surface area contributed by atoms with Crippen LogP contribution in [0.15, 0.2) is 30.3 Å². The van der Waals surface area contributed by atoms with Crippen molar-refractivity contribution in [2.45, 2.75) is 13.8 Å². The number of benzene rings is 2. The zero-order chi connectivity index (χ0) is 18.0. The van der Waals surface area contributed by atoms with Crippen molar-refractivity contribution in [1.82, 2.24) is 5.32 Å². The molecule has 0 spiro atoms. The quantitative estimate of drug-likeness (QED) is 0.566. The normalized spacial score (nSPS) is 12.4. The average molecular weight is 358 g/mol. The molecule has 2 aromatic rings. The summed E-state index contributed by atoms with van der Waals surface area (Å²) in [6, 6.07) is 8.55. The number of aromatic hydroxyl groups is 1. The fourth-order valence-electron chi connectivity index (χ4n) is 2.57. The fourth-order valence-corrected chi connectivity index (χ4v) is 2.77. The largest absolute Gasteiger partial charge is 0.505 e. The Bertz CT molecular complexity index is 851. The zero-order valence-electron chi connectivity index (χ0n) is 13.9. The van der Waals surface area contributed by atoms with Crippen LogP contribution in [0.1, 0.15) is 21.5 Å². The highest BCUT2D eigenvalue weighted by atomic mass is 32.1. The summed E-state index contributed by atoms with van der Waals surface area (Å²) in [4.78, 5) is 12.4. The Morgan fingerprint density at radius 3 is 2.60 bits per heavy atom. The molecule has 0 aliphatic carbocycles. The van der Waals surface area contributed by atoms with E-state index in [4.69, 9.17) is 21.7 Å². The first-order valence-electron chi connectivity index (χ1n) is 7.76. The second kappa shape index (κ2) is 6.98. The summed E-state index contributed by atoms with van der Waals surface area (Å²) in [7, 11) is 0. The van der Waals surface area contributed by atoms with Crippen LogP contribution in [0.25, 0.3) is 0 Å². The molecule has 2 aromatic carbocycles. The van der Waals surface area contributed by atoms with Crippen LogP contribution >= 0.6 is 12.2 Å². The van der Waals surface area contributed by atoms with Crippen molar-refractivity contribution in [2.75, 3.05) is 18.5 Å². The molecule has 0 radical (unpaired) electrons. The molecule has 0 unspecified atom stereocenters. The molecular weight excluding hydrogens is 340 g/mol. The molecule has 0 saturated heterocycles. The number of anilines is 1. The molecule has 1 aliphatic heterocycles. The third-order valence-corrected chi connectivity index (χ3v) is 3.93. The van der Waals surface area contributed by atoms with E-state index in [-0.39, 0.29) is 16.8 Å². The van der Waals surface area contributed by atoms with E-state index in [1.807, 2.05) is 13.0 Å². The van der Waals surface area contributed by atoms with Crippen molar-refractivity contribution in [2.24, 2.45) is 0 Å². The first kappa shape index (κ1) is 17.0. The Kier molecular flexibility index (Phi) is 4.76. The van der Waals surface area contributed by atoms with Crippen LogP contribution in [-0.2, 0) is 0 Å². The van der Waals surface area contributed by atoms with Gasteiger partial charge in [0.05, 0.1) is 5.69 Å². The van der Waals surface area contributed by atoms with Gasteiger partial charge in [0.1, 0.15) is 19.0 Å². The summed E-state index contributed by atoms with van der Waals surface area (Å²) in [6.07, 6.45) is 0. The molecule has 7 heteroatoms. The lowest BCUT2D eigenvalue weighted by Gasteiger charge is -2.19. The number of hydrogen-bond acceptors (Lipinski definition) is 5. The maximum atomic E-state index is 12.4. The number of phenols is 1. The van der Waals surface area contributed by atoms with Crippen LogP contribution in [0, 0.1) is 13.8 Å². The SMILES string of the molecule is Cc1cc(C)c(O)c(NC(=S)NC(=O)c2ccc3c(c2)OCCO3)c1. The van der Waals surface area contributed by atoms with E-state index in [1.165, 1.54) is 0 Å². The Balaban J connectivity index is 1.70. The van der Waals surface area contributed by atoms with Crippen LogP contribution in [0.5, 0.6) is 17.2 Å². The van der Waals surface area contributed by atoms with Crippen LogP contribution in [-0.4, -0.2) is 29.3 Å². The Hall–Kier alpha value is -2.80. The first-order valence-corrected chi connectivity index (χ1v) is 8.17. The molecule has 0 bridgehead atoms. The predicted molar refractivity (Wildman–Crippen MR) is 98.7 cm³/mol. The highest BCUT2D eigenvalue weighted by Gasteiger charge is 2.16. The minimum Gasteiger partial charge on any atom is -0.505 e. The standard InChI is InChI=1S/C18H18N2O4S/c1-10-7-11(2)16(21)13(8-10)19-18(25)20-17(22)12-3-4-14-15(9-12)24-6-5-23-14/h3-4,7-9,21H,5-6H2,1-2H3,(H2,19,20,22,25). The molecule has 1 amide bonds. The van der Waals surface area contributed by atoms with Crippen molar-refractivity contribution >= 4 is 28.9 Å². The summed E-state index contributed by atoms with van der Waals surface area (Å²) in [5, 5.41) is 15.6. The fraction of sp³-hybridized carbons (Fsp3) is 0.222. The number of amides is 1. The van der Waals surface area contributed by atoms with Crippen LogP contribution in [0.3, 0.4) is 0 Å². The van der Waals surface area contributed by atoms with Crippen molar-refractivity contribution in [3.8, 4) is 17.2 Å². The summed E-state index contributed by atoms with van der Waals surface area (Å²) in [5.41, 5.74) is 2.55. The zero-order valence-corrected chi connectivity index (χ0v) is 14.7. The lowest BCUT2D eigenvalue weighted by atomic mass is 10.1. The Morgan fingerprint density at radius 2 is 1.84 bits per heavy atom. The number of fused-ring (bicyclic) bond motifs is 1. The maximum Gasteiger partial charge on any atom is 0.257 e. The molecule has 1 heterocycles. The lowest BCUT2D eigenvalue weighted by molar-refractivity contribution is 0.0976. The van der Waals surface area contributed by atoms with E-state index in [0.717, 1.165) is 11.1 Å². The molecular formula is C18H18N2O4S. The number of hydrogen-bond donors (Lipinski definition) is 3. The van der Waals surface area contributed by atoms with Gasteiger partial charge in [-0.05, 0) is 61.5 Å². The molecule has 3 rings (SSSR count). The second-order valence-electron chi connectivity index (χ2n) is 5.74. The van der Waals surface area contributed by atoms with E-state index in [9.17, 15) is 9.90 Å². The molecule has 0 saturated carbocycles. The van der Waals surface area contributed by atoms with Crippen LogP contribution in [0.2, 0.25) is 0 Å². The third kappa shape index (κ3) is 3.83. The van der Waals surface area contributed by atoms with Gasteiger partial charge in [0.25, 0.3) is 5.91 Å². The van der Waals surface area contributed by atoms with Gasteiger partial charge in [-0.15, -0.1) is 0 Å². The van der Waals surface area contributed by atoms with E-state index < -0.39 is 0 Å². The van der Waals surface area contributed by atoms with Gasteiger partial charge < -0.3 is 19.9 Å². The van der Waals surface area contributed by atoms with Crippen molar-refractivity contribution in [3.63, 3.8) is 0 Å². The molecule has 0 aromatic heterocycles. The van der Waals surface area contributed by atoms with Gasteiger partial charge in [-0.2, -0.15) is 0 Å². The molecule has 130 valence electrons. The molecule has 6 nitrogen and oxygen atoms in total. The van der Waals surface area contributed by atoms with E-state index >= 15 is 0 Å². The summed E-state index contributed by atoms with van der Waals surface area (Å²) < 4.78 is 10.9. The van der Waals surface area contributed by atoms with Gasteiger partial charge in [0.2, 0.25) is 0 Å². The monoisotopic (exact) mass is 358 g/mol. The Morgan fingerprint density at radius 1 is 1.12 bits per heavy atom. The molecule has 25 heavy (non-hydrogen) atoms. The molecule has 3 N–H and O–H groups in total. The Labute approximate surface area is 150 Å². The van der Waals surface area contributed by atoms with E-state index in [1.54, 1.807) is 31.2 Å². The number of rotatable bonds is 2. The van der Waals surface area contributed by atoms with Gasteiger partial charge in [-0.3, -0.25) is 10.1 Å². The van der Waals surface area contributed by atoms with Crippen molar-refractivity contribution in [3.05, 3.63) is 47.0 Å². The number of phenolic OH excluding ortho intramolecular Hbond substituents is 1. The van der Waals surface area contributed by atoms with Gasteiger partial charge in [-0.1, -0.05) is 6.07 Å². The van der Waals surface area contributed by atoms with E-state index in [0.29, 0.717) is 36.0 Å². The lowest BCUT2D eigenvalue weighted by Crippen LogP contribution is -2.34. The number of nitrogens with one attached hydrogen (secondary N) is 2. The van der Waals surface area contributed by atoms with Crippen molar-refractivity contribution < 1.29 is 19.4 Å². The maximum absolute atomic E-state index is 12.4.